The SMILES string of the molecule is CC(C)c1cc(N2C(S)N(c3ccc(C#N)c(C(F)(F)F)c3)C(=O)C2(C)C)ccc1OCCN1CCN(CC(=O)Nc2cc(Cl)cc(NC3CCC(=O)NC3=O)c2)CC1. The summed E-state index contributed by atoms with van der Waals surface area (Å²) in [5.41, 5.74) is -1.22. The summed E-state index contributed by atoms with van der Waals surface area (Å²) in [6.45, 7) is 11.5. The zero-order valence-electron chi connectivity index (χ0n) is 33.0. The molecule has 0 bridgehead atoms. The number of thiol groups is 1. The van der Waals surface area contributed by atoms with Crippen molar-refractivity contribution in [1.29, 1.82) is 5.26 Å². The number of piperidine rings is 1. The number of amides is 4. The van der Waals surface area contributed by atoms with Crippen molar-refractivity contribution in [2.24, 2.45) is 0 Å². The molecular weight excluding hydrogens is 809 g/mol. The number of anilines is 4. The van der Waals surface area contributed by atoms with Crippen LogP contribution in [0.3, 0.4) is 0 Å². The van der Waals surface area contributed by atoms with Crippen molar-refractivity contribution >= 4 is 70.6 Å². The maximum atomic E-state index is 13.8. The van der Waals surface area contributed by atoms with Crippen molar-refractivity contribution in [2.75, 3.05) is 66.3 Å². The number of hydrogen-bond acceptors (Lipinski definition) is 11. The molecule has 0 spiro atoms. The van der Waals surface area contributed by atoms with Crippen molar-refractivity contribution in [2.45, 2.75) is 69.7 Å². The van der Waals surface area contributed by atoms with E-state index in [4.69, 9.17) is 29.0 Å². The first-order valence-electron chi connectivity index (χ1n) is 19.2. The summed E-state index contributed by atoms with van der Waals surface area (Å²) >= 11 is 11.0. The van der Waals surface area contributed by atoms with Crippen LogP contribution >= 0.6 is 24.2 Å². The molecule has 3 aromatic rings. The van der Waals surface area contributed by atoms with E-state index in [2.05, 4.69) is 25.8 Å². The fraction of sp³-hybridized carbons (Fsp3) is 0.439. The standard InChI is InChI=1S/C41H46ClF3N8O5S/c1-24(2)31-20-30(53-39(59)52(38(57)40(53,3)4)29-6-5-25(22-46)32(21-29)41(43,44)45)7-9-34(31)58-16-15-50-11-13-51(14-12-50)23-36(55)48-28-18-26(42)17-27(19-28)47-33-8-10-35(54)49-37(33)56/h5-7,9,17-21,24,33,39,47,59H,8,10-16,23H2,1-4H3,(H,48,55)(H,49,54,56). The van der Waals surface area contributed by atoms with Crippen LogP contribution in [0, 0.1) is 11.3 Å². The van der Waals surface area contributed by atoms with E-state index in [0.717, 1.165) is 30.8 Å². The van der Waals surface area contributed by atoms with Gasteiger partial charge < -0.3 is 20.3 Å². The molecule has 3 aromatic carbocycles. The predicted molar refractivity (Wildman–Crippen MR) is 222 cm³/mol. The highest BCUT2D eigenvalue weighted by Gasteiger charge is 2.52. The molecule has 2 atom stereocenters. The molecule has 3 aliphatic heterocycles. The van der Waals surface area contributed by atoms with E-state index in [-0.39, 0.29) is 36.4 Å². The van der Waals surface area contributed by atoms with Crippen LogP contribution in [-0.4, -0.2) is 96.4 Å². The molecule has 4 amide bonds. The molecule has 314 valence electrons. The average Bonchev–Trinajstić information content (AvgIpc) is 3.34. The highest BCUT2D eigenvalue weighted by Crippen LogP contribution is 2.44. The second-order valence-corrected chi connectivity index (χ2v) is 16.5. The summed E-state index contributed by atoms with van der Waals surface area (Å²) < 4.78 is 47.7. The average molecular weight is 855 g/mol. The molecule has 3 fully saturated rings. The lowest BCUT2D eigenvalue weighted by Crippen LogP contribution is -2.49. The second-order valence-electron chi connectivity index (χ2n) is 15.6. The largest absolute Gasteiger partial charge is 0.492 e. The Bertz CT molecular complexity index is 2160. The molecule has 3 saturated heterocycles. The van der Waals surface area contributed by atoms with Crippen molar-refractivity contribution in [3.63, 3.8) is 0 Å². The number of ether oxygens (including phenoxy) is 1. The maximum Gasteiger partial charge on any atom is 0.417 e. The minimum atomic E-state index is -4.78. The van der Waals surface area contributed by atoms with E-state index in [0.29, 0.717) is 60.5 Å². The molecule has 6 rings (SSSR count). The first kappa shape index (κ1) is 43.6. The van der Waals surface area contributed by atoms with Crippen LogP contribution in [0.1, 0.15) is 63.1 Å². The molecular formula is C41H46ClF3N8O5S. The summed E-state index contributed by atoms with van der Waals surface area (Å²) in [6, 6.07) is 14.7. The zero-order valence-corrected chi connectivity index (χ0v) is 34.7. The topological polar surface area (TPSA) is 150 Å². The molecule has 0 aromatic heterocycles. The normalized spacial score (nSPS) is 20.1. The number of hydrogen-bond donors (Lipinski definition) is 4. The molecule has 0 radical (unpaired) electrons. The molecule has 3 aliphatic rings. The lowest BCUT2D eigenvalue weighted by atomic mass is 9.98. The number of imide groups is 1. The highest BCUT2D eigenvalue weighted by molar-refractivity contribution is 7.81. The third kappa shape index (κ3) is 9.89. The quantitative estimate of drug-likeness (QED) is 0.125. The van der Waals surface area contributed by atoms with E-state index in [1.54, 1.807) is 43.0 Å². The lowest BCUT2D eigenvalue weighted by Gasteiger charge is -2.35. The number of benzene rings is 3. The Kier molecular flexibility index (Phi) is 13.1. The van der Waals surface area contributed by atoms with Crippen molar-refractivity contribution in [3.8, 4) is 11.8 Å². The highest BCUT2D eigenvalue weighted by atomic mass is 35.5. The number of nitriles is 1. The van der Waals surface area contributed by atoms with Gasteiger partial charge in [-0.2, -0.15) is 18.4 Å². The van der Waals surface area contributed by atoms with Gasteiger partial charge >= 0.3 is 6.18 Å². The van der Waals surface area contributed by atoms with Gasteiger partial charge in [0.05, 0.1) is 23.7 Å². The summed E-state index contributed by atoms with van der Waals surface area (Å²) in [4.78, 5) is 57.7. The Morgan fingerprint density at radius 2 is 1.69 bits per heavy atom. The van der Waals surface area contributed by atoms with Crippen molar-refractivity contribution in [1.82, 2.24) is 15.1 Å². The van der Waals surface area contributed by atoms with E-state index in [1.807, 2.05) is 32.0 Å². The zero-order chi connectivity index (χ0) is 42.8. The number of rotatable bonds is 12. The monoisotopic (exact) mass is 854 g/mol. The Morgan fingerprint density at radius 3 is 2.36 bits per heavy atom. The van der Waals surface area contributed by atoms with Gasteiger partial charge in [0.2, 0.25) is 17.7 Å². The van der Waals surface area contributed by atoms with E-state index in [9.17, 15) is 37.6 Å². The van der Waals surface area contributed by atoms with E-state index >= 15 is 0 Å². The number of carbonyl (C=O) groups excluding carboxylic acids is 4. The van der Waals surface area contributed by atoms with E-state index in [1.165, 1.54) is 11.0 Å². The minimum absolute atomic E-state index is 0.0146. The Hall–Kier alpha value is -5.02. The second kappa shape index (κ2) is 17.7. The number of halogens is 4. The minimum Gasteiger partial charge on any atom is -0.492 e. The molecule has 18 heteroatoms. The van der Waals surface area contributed by atoms with Crippen molar-refractivity contribution < 1.29 is 37.1 Å². The smallest absolute Gasteiger partial charge is 0.417 e. The van der Waals surface area contributed by atoms with Gasteiger partial charge in [0, 0.05) is 66.9 Å². The third-order valence-electron chi connectivity index (χ3n) is 10.7. The molecule has 3 N–H and O–H groups in total. The predicted octanol–water partition coefficient (Wildman–Crippen LogP) is 6.05. The molecule has 3 heterocycles. The van der Waals surface area contributed by atoms with Gasteiger partial charge in [-0.25, -0.2) is 0 Å². The Labute approximate surface area is 351 Å². The summed E-state index contributed by atoms with van der Waals surface area (Å²) in [5.74, 6) is -0.659. The Balaban J connectivity index is 1.02. The number of nitrogens with zero attached hydrogens (tertiary/aromatic N) is 5. The molecule has 2 unspecified atom stereocenters. The van der Waals surface area contributed by atoms with Gasteiger partial charge in [-0.15, -0.1) is 12.6 Å². The van der Waals surface area contributed by atoms with Crippen LogP contribution < -0.4 is 30.5 Å². The number of alkyl halides is 3. The molecule has 0 saturated carbocycles. The fourth-order valence-corrected chi connectivity index (χ4v) is 8.43. The first-order valence-corrected chi connectivity index (χ1v) is 20.1. The van der Waals surface area contributed by atoms with Crippen LogP contribution in [0.25, 0.3) is 0 Å². The summed E-state index contributed by atoms with van der Waals surface area (Å²) in [6.07, 6.45) is -4.20. The van der Waals surface area contributed by atoms with Gasteiger partial charge in [-0.05, 0) is 86.3 Å². The van der Waals surface area contributed by atoms with Gasteiger partial charge in [-0.3, -0.25) is 39.2 Å². The first-order chi connectivity index (χ1) is 27.8. The van der Waals surface area contributed by atoms with Crippen LogP contribution in [0.4, 0.5) is 35.9 Å². The van der Waals surface area contributed by atoms with Crippen LogP contribution in [0.15, 0.2) is 54.6 Å². The van der Waals surface area contributed by atoms with Crippen LogP contribution in [0.5, 0.6) is 5.75 Å². The third-order valence-corrected chi connectivity index (χ3v) is 11.3. The lowest BCUT2D eigenvalue weighted by molar-refractivity contribution is -0.138. The number of piperazine rings is 1. The number of nitrogens with one attached hydrogen (secondary N) is 3. The van der Waals surface area contributed by atoms with Gasteiger partial charge in [0.15, 0.2) is 5.50 Å². The van der Waals surface area contributed by atoms with Crippen molar-refractivity contribution in [3.05, 3.63) is 76.3 Å². The summed E-state index contributed by atoms with van der Waals surface area (Å²) in [5, 5.41) is 17.9. The Morgan fingerprint density at radius 1 is 1.02 bits per heavy atom. The molecule has 0 aliphatic carbocycles. The number of carbonyl (C=O) groups is 4. The van der Waals surface area contributed by atoms with E-state index < -0.39 is 46.2 Å². The van der Waals surface area contributed by atoms with Crippen LogP contribution in [0.2, 0.25) is 5.02 Å². The maximum absolute atomic E-state index is 13.8. The molecule has 13 nitrogen and oxygen atoms in total. The van der Waals surface area contributed by atoms with Gasteiger partial charge in [-0.1, -0.05) is 25.4 Å². The van der Waals surface area contributed by atoms with Gasteiger partial charge in [0.25, 0.3) is 5.91 Å². The summed E-state index contributed by atoms with van der Waals surface area (Å²) in [7, 11) is 0. The van der Waals surface area contributed by atoms with Crippen LogP contribution in [-0.2, 0) is 25.4 Å². The fourth-order valence-electron chi connectivity index (χ4n) is 7.53. The van der Waals surface area contributed by atoms with Gasteiger partial charge in [0.1, 0.15) is 23.9 Å². The molecule has 59 heavy (non-hydrogen) atoms.